The number of morpholine rings is 1. The topological polar surface area (TPSA) is 54.5 Å². The number of aromatic nitrogens is 1. The Hall–Kier alpha value is -1.83. The molecule has 5 nitrogen and oxygen atoms in total. The summed E-state index contributed by atoms with van der Waals surface area (Å²) >= 11 is 0. The maximum absolute atomic E-state index is 12.1. The second-order valence-corrected chi connectivity index (χ2v) is 3.96. The number of carbonyl (C=O) groups is 1. The Kier molecular flexibility index (Phi) is 3.89. The molecule has 1 aromatic heterocycles. The van der Waals surface area contributed by atoms with Crippen molar-refractivity contribution in [3.05, 3.63) is 18.3 Å². The average Bonchev–Trinajstić information content (AvgIpc) is 2.39. The zero-order valence-electron chi connectivity index (χ0n) is 9.91. The van der Waals surface area contributed by atoms with Crippen molar-refractivity contribution in [2.75, 3.05) is 36.5 Å². The van der Waals surface area contributed by atoms with Gasteiger partial charge in [0.2, 0.25) is 0 Å². The molecule has 2 rings (SSSR count). The van der Waals surface area contributed by atoms with Gasteiger partial charge in [-0.25, -0.2) is 4.98 Å². The number of hydrogen-bond donors (Lipinski definition) is 1. The van der Waals surface area contributed by atoms with Gasteiger partial charge in [-0.3, -0.25) is 4.79 Å². The number of pyridine rings is 1. The number of nitrogens with zero attached hydrogens (tertiary/aromatic N) is 2. The molecule has 0 saturated carbocycles. The van der Waals surface area contributed by atoms with Crippen LogP contribution in [0, 0.1) is 0 Å². The van der Waals surface area contributed by atoms with Gasteiger partial charge in [0.1, 0.15) is 5.82 Å². The smallest absolute Gasteiger partial charge is 0.378 e. The number of rotatable bonds is 2. The van der Waals surface area contributed by atoms with Gasteiger partial charge in [-0.05, 0) is 12.1 Å². The van der Waals surface area contributed by atoms with Crippen molar-refractivity contribution in [2.24, 2.45) is 0 Å². The lowest BCUT2D eigenvalue weighted by atomic mass is 10.3. The van der Waals surface area contributed by atoms with Gasteiger partial charge >= 0.3 is 12.1 Å². The number of anilines is 2. The van der Waals surface area contributed by atoms with E-state index < -0.39 is 12.1 Å². The zero-order valence-corrected chi connectivity index (χ0v) is 9.91. The van der Waals surface area contributed by atoms with Crippen molar-refractivity contribution in [1.29, 1.82) is 0 Å². The Balaban J connectivity index is 2.00. The van der Waals surface area contributed by atoms with Crippen LogP contribution in [0.1, 0.15) is 0 Å². The quantitative estimate of drug-likeness (QED) is 0.887. The summed E-state index contributed by atoms with van der Waals surface area (Å²) in [7, 11) is 0. The molecule has 1 aliphatic heterocycles. The van der Waals surface area contributed by atoms with Crippen molar-refractivity contribution in [1.82, 2.24) is 4.98 Å². The van der Waals surface area contributed by atoms with Gasteiger partial charge in [-0.15, -0.1) is 0 Å². The number of amides is 1. The van der Waals surface area contributed by atoms with E-state index in [2.05, 4.69) is 4.98 Å². The van der Waals surface area contributed by atoms with E-state index in [0.717, 1.165) is 0 Å². The number of nitrogens with one attached hydrogen (secondary N) is 1. The molecule has 0 bridgehead atoms. The minimum atomic E-state index is -4.90. The summed E-state index contributed by atoms with van der Waals surface area (Å²) in [6.07, 6.45) is -3.70. The first kappa shape index (κ1) is 13.6. The summed E-state index contributed by atoms with van der Waals surface area (Å²) in [5.41, 5.74) is 0.0133. The van der Waals surface area contributed by atoms with Gasteiger partial charge in [0, 0.05) is 13.1 Å². The molecule has 0 aliphatic carbocycles. The van der Waals surface area contributed by atoms with Gasteiger partial charge in [0.05, 0.1) is 25.1 Å². The summed E-state index contributed by atoms with van der Waals surface area (Å²) in [6.45, 7) is 2.55. The van der Waals surface area contributed by atoms with E-state index in [1.54, 1.807) is 11.4 Å². The lowest BCUT2D eigenvalue weighted by Gasteiger charge is -2.27. The zero-order chi connectivity index (χ0) is 13.9. The molecule has 8 heteroatoms. The Morgan fingerprint density at radius 1 is 1.32 bits per heavy atom. The van der Waals surface area contributed by atoms with E-state index in [1.165, 1.54) is 12.3 Å². The van der Waals surface area contributed by atoms with E-state index in [9.17, 15) is 18.0 Å². The van der Waals surface area contributed by atoms with E-state index in [0.29, 0.717) is 32.1 Å². The van der Waals surface area contributed by atoms with E-state index >= 15 is 0 Å². The fourth-order valence-corrected chi connectivity index (χ4v) is 1.64. The van der Waals surface area contributed by atoms with Crippen molar-refractivity contribution in [3.63, 3.8) is 0 Å². The van der Waals surface area contributed by atoms with Crippen LogP contribution in [0.3, 0.4) is 0 Å². The van der Waals surface area contributed by atoms with Crippen LogP contribution in [-0.2, 0) is 9.53 Å². The highest BCUT2D eigenvalue weighted by molar-refractivity contribution is 5.94. The van der Waals surface area contributed by atoms with Gasteiger partial charge in [-0.2, -0.15) is 13.2 Å². The molecule has 1 amide bonds. The Morgan fingerprint density at radius 2 is 2.00 bits per heavy atom. The monoisotopic (exact) mass is 275 g/mol. The molecule has 1 fully saturated rings. The van der Waals surface area contributed by atoms with Crippen molar-refractivity contribution < 1.29 is 22.7 Å². The average molecular weight is 275 g/mol. The van der Waals surface area contributed by atoms with E-state index in [1.807, 2.05) is 4.90 Å². The predicted molar refractivity (Wildman–Crippen MR) is 62.0 cm³/mol. The molecule has 0 radical (unpaired) electrons. The second kappa shape index (κ2) is 5.43. The van der Waals surface area contributed by atoms with Crippen molar-refractivity contribution in [3.8, 4) is 0 Å². The van der Waals surface area contributed by atoms with Crippen LogP contribution in [0.5, 0.6) is 0 Å². The largest absolute Gasteiger partial charge is 0.471 e. The number of carbonyl (C=O) groups excluding carboxylic acids is 1. The van der Waals surface area contributed by atoms with E-state index in [-0.39, 0.29) is 5.69 Å². The highest BCUT2D eigenvalue weighted by atomic mass is 19.4. The van der Waals surface area contributed by atoms with Crippen LogP contribution in [0.4, 0.5) is 24.7 Å². The number of halogens is 3. The number of alkyl halides is 3. The van der Waals surface area contributed by atoms with E-state index in [4.69, 9.17) is 4.74 Å². The molecule has 1 aliphatic rings. The van der Waals surface area contributed by atoms with Crippen molar-refractivity contribution >= 4 is 17.4 Å². The number of hydrogen-bond acceptors (Lipinski definition) is 4. The lowest BCUT2D eigenvalue weighted by molar-refractivity contribution is -0.167. The Morgan fingerprint density at radius 3 is 2.53 bits per heavy atom. The third-order valence-electron chi connectivity index (χ3n) is 2.60. The molecular weight excluding hydrogens is 263 g/mol. The minimum absolute atomic E-state index is 0.0133. The van der Waals surface area contributed by atoms with Crippen LogP contribution in [0.25, 0.3) is 0 Å². The van der Waals surface area contributed by atoms with Gasteiger partial charge in [0.15, 0.2) is 0 Å². The first-order chi connectivity index (χ1) is 8.97. The third kappa shape index (κ3) is 3.57. The molecule has 0 unspecified atom stereocenters. The highest BCUT2D eigenvalue weighted by Crippen LogP contribution is 2.19. The molecule has 1 saturated heterocycles. The first-order valence-corrected chi connectivity index (χ1v) is 5.64. The van der Waals surface area contributed by atoms with Crippen molar-refractivity contribution in [2.45, 2.75) is 6.18 Å². The van der Waals surface area contributed by atoms with Gasteiger partial charge in [-0.1, -0.05) is 0 Å². The summed E-state index contributed by atoms with van der Waals surface area (Å²) in [4.78, 5) is 16.7. The maximum atomic E-state index is 12.1. The van der Waals surface area contributed by atoms with Crippen LogP contribution in [0.2, 0.25) is 0 Å². The molecule has 0 spiro atoms. The summed E-state index contributed by atoms with van der Waals surface area (Å²) in [5, 5.41) is 1.74. The maximum Gasteiger partial charge on any atom is 0.471 e. The summed E-state index contributed by atoms with van der Waals surface area (Å²) < 4.78 is 41.3. The molecule has 104 valence electrons. The second-order valence-electron chi connectivity index (χ2n) is 3.96. The molecule has 0 aromatic carbocycles. The highest BCUT2D eigenvalue weighted by Gasteiger charge is 2.38. The van der Waals surface area contributed by atoms with Crippen LogP contribution in [-0.4, -0.2) is 43.4 Å². The SMILES string of the molecule is O=C(Nc1ccc(N2CCOCC2)nc1)C(F)(F)F. The minimum Gasteiger partial charge on any atom is -0.378 e. The third-order valence-corrected chi connectivity index (χ3v) is 2.60. The van der Waals surface area contributed by atoms with Crippen LogP contribution >= 0.6 is 0 Å². The molecule has 1 N–H and O–H groups in total. The summed E-state index contributed by atoms with van der Waals surface area (Å²) in [6, 6.07) is 2.96. The Bertz CT molecular complexity index is 441. The van der Waals surface area contributed by atoms with Crippen LogP contribution in [0.15, 0.2) is 18.3 Å². The number of ether oxygens (including phenoxy) is 1. The summed E-state index contributed by atoms with van der Waals surface area (Å²) in [5.74, 6) is -1.36. The molecule has 1 aromatic rings. The Labute approximate surface area is 107 Å². The fraction of sp³-hybridized carbons (Fsp3) is 0.455. The molecule has 2 heterocycles. The normalized spacial score (nSPS) is 16.3. The first-order valence-electron chi connectivity index (χ1n) is 5.64. The van der Waals surface area contributed by atoms with Gasteiger partial charge in [0.25, 0.3) is 0 Å². The predicted octanol–water partition coefficient (Wildman–Crippen LogP) is 1.42. The molecular formula is C11H12F3N3O2. The van der Waals surface area contributed by atoms with Crippen LogP contribution < -0.4 is 10.2 Å². The molecule has 0 atom stereocenters. The lowest BCUT2D eigenvalue weighted by Crippen LogP contribution is -2.36. The standard InChI is InChI=1S/C11H12F3N3O2/c12-11(13,14)10(18)16-8-1-2-9(15-7-8)17-3-5-19-6-4-17/h1-2,7H,3-6H2,(H,16,18). The van der Waals surface area contributed by atoms with Gasteiger partial charge < -0.3 is 15.0 Å². The molecule has 19 heavy (non-hydrogen) atoms. The fourth-order valence-electron chi connectivity index (χ4n) is 1.64.